The van der Waals surface area contributed by atoms with E-state index in [1.807, 2.05) is 23.5 Å². The van der Waals surface area contributed by atoms with Crippen molar-refractivity contribution in [3.05, 3.63) is 51.7 Å². The van der Waals surface area contributed by atoms with Crippen LogP contribution >= 0.6 is 11.3 Å². The molecule has 4 nitrogen and oxygen atoms in total. The molecule has 0 atom stereocenters. The van der Waals surface area contributed by atoms with Gasteiger partial charge in [-0.25, -0.2) is 8.42 Å². The van der Waals surface area contributed by atoms with E-state index in [9.17, 15) is 8.42 Å². The fourth-order valence-electron chi connectivity index (χ4n) is 4.20. The zero-order chi connectivity index (χ0) is 19.0. The van der Waals surface area contributed by atoms with Gasteiger partial charge in [0.2, 0.25) is 10.0 Å². The number of piperidine rings is 1. The molecule has 0 spiro atoms. The highest BCUT2D eigenvalue weighted by molar-refractivity contribution is 7.89. The summed E-state index contributed by atoms with van der Waals surface area (Å²) in [7, 11) is -3.38. The predicted octanol–water partition coefficient (Wildman–Crippen LogP) is 4.08. The van der Waals surface area contributed by atoms with Gasteiger partial charge in [-0.1, -0.05) is 26.0 Å². The van der Waals surface area contributed by atoms with Gasteiger partial charge in [0.05, 0.1) is 4.90 Å². The van der Waals surface area contributed by atoms with Crippen molar-refractivity contribution in [1.82, 2.24) is 9.21 Å². The van der Waals surface area contributed by atoms with Gasteiger partial charge in [0.1, 0.15) is 0 Å². The van der Waals surface area contributed by atoms with Crippen LogP contribution in [0, 0.1) is 0 Å². The first-order valence-electron chi connectivity index (χ1n) is 9.84. The lowest BCUT2D eigenvalue weighted by Gasteiger charge is -2.39. The molecule has 1 fully saturated rings. The number of sulfonamides is 1. The number of fused-ring (bicyclic) bond motifs is 1. The third-order valence-electron chi connectivity index (χ3n) is 5.96. The molecule has 27 heavy (non-hydrogen) atoms. The van der Waals surface area contributed by atoms with Crippen LogP contribution in [0.4, 0.5) is 0 Å². The van der Waals surface area contributed by atoms with Gasteiger partial charge in [-0.3, -0.25) is 4.90 Å². The molecule has 0 amide bonds. The van der Waals surface area contributed by atoms with E-state index in [0.717, 1.165) is 32.4 Å². The monoisotopic (exact) mass is 404 g/mol. The van der Waals surface area contributed by atoms with Gasteiger partial charge >= 0.3 is 0 Å². The minimum absolute atomic E-state index is 0.408. The molecule has 0 bridgehead atoms. The predicted molar refractivity (Wildman–Crippen MR) is 111 cm³/mol. The van der Waals surface area contributed by atoms with Gasteiger partial charge < -0.3 is 0 Å². The summed E-state index contributed by atoms with van der Waals surface area (Å²) in [6.45, 7) is 7.59. The van der Waals surface area contributed by atoms with Crippen LogP contribution in [0.25, 0.3) is 0 Å². The van der Waals surface area contributed by atoms with Crippen molar-refractivity contribution >= 4 is 21.4 Å². The van der Waals surface area contributed by atoms with Crippen LogP contribution in [-0.4, -0.2) is 43.3 Å². The van der Waals surface area contributed by atoms with Crippen molar-refractivity contribution in [2.24, 2.45) is 0 Å². The molecule has 0 radical (unpaired) electrons. The molecule has 1 aromatic carbocycles. The average Bonchev–Trinajstić information content (AvgIpc) is 3.16. The number of thiophene rings is 1. The highest BCUT2D eigenvalue weighted by Crippen LogP contribution is 2.29. The Morgan fingerprint density at radius 1 is 1.04 bits per heavy atom. The number of hydrogen-bond donors (Lipinski definition) is 0. The summed E-state index contributed by atoms with van der Waals surface area (Å²) in [6.07, 6.45) is 2.97. The highest BCUT2D eigenvalue weighted by Gasteiger charge is 2.32. The molecule has 4 rings (SSSR count). The highest BCUT2D eigenvalue weighted by atomic mass is 32.2. The standard InChI is InChI=1S/C21H28N2O2S2/c1-16(2)17-3-5-20(6-4-17)27(24,25)23-12-7-19(8-13-23)22-11-9-21-18(15-22)10-14-26-21/h3-6,10,14,16,19H,7-9,11-13,15H2,1-2H3. The largest absolute Gasteiger partial charge is 0.296 e. The second-order valence-electron chi connectivity index (χ2n) is 7.95. The first kappa shape index (κ1) is 19.1. The first-order valence-corrected chi connectivity index (χ1v) is 12.2. The molecule has 6 heteroatoms. The van der Waals surface area contributed by atoms with Gasteiger partial charge in [0.15, 0.2) is 0 Å². The van der Waals surface area contributed by atoms with Crippen molar-refractivity contribution < 1.29 is 8.42 Å². The number of rotatable bonds is 4. The van der Waals surface area contributed by atoms with Crippen molar-refractivity contribution in [2.45, 2.75) is 56.5 Å². The van der Waals surface area contributed by atoms with Gasteiger partial charge in [-0.05, 0) is 59.9 Å². The molecular formula is C21H28N2O2S2. The fourth-order valence-corrected chi connectivity index (χ4v) is 6.56. The smallest absolute Gasteiger partial charge is 0.243 e. The van der Waals surface area contributed by atoms with E-state index in [1.165, 1.54) is 16.0 Å². The van der Waals surface area contributed by atoms with Gasteiger partial charge in [-0.2, -0.15) is 4.31 Å². The van der Waals surface area contributed by atoms with Crippen molar-refractivity contribution in [3.8, 4) is 0 Å². The third-order valence-corrected chi connectivity index (χ3v) is 8.90. The Morgan fingerprint density at radius 3 is 2.41 bits per heavy atom. The molecule has 0 aliphatic carbocycles. The molecular weight excluding hydrogens is 376 g/mol. The van der Waals surface area contributed by atoms with E-state index >= 15 is 0 Å². The fraction of sp³-hybridized carbons (Fsp3) is 0.524. The Bertz CT molecular complexity index is 879. The molecule has 0 unspecified atom stereocenters. The number of hydrogen-bond acceptors (Lipinski definition) is 4. The van der Waals surface area contributed by atoms with Crippen molar-refractivity contribution in [2.75, 3.05) is 19.6 Å². The van der Waals surface area contributed by atoms with Gasteiger partial charge in [-0.15, -0.1) is 11.3 Å². The average molecular weight is 405 g/mol. The Hall–Kier alpha value is -1.21. The van der Waals surface area contributed by atoms with E-state index in [1.54, 1.807) is 16.4 Å². The van der Waals surface area contributed by atoms with Crippen molar-refractivity contribution in [3.63, 3.8) is 0 Å². The van der Waals surface area contributed by atoms with Crippen LogP contribution in [0.3, 0.4) is 0 Å². The quantitative estimate of drug-likeness (QED) is 0.771. The zero-order valence-corrected chi connectivity index (χ0v) is 17.7. The van der Waals surface area contributed by atoms with E-state index < -0.39 is 10.0 Å². The summed E-state index contributed by atoms with van der Waals surface area (Å²) < 4.78 is 27.7. The lowest BCUT2D eigenvalue weighted by Crippen LogP contribution is -2.47. The number of nitrogens with zero attached hydrogens (tertiary/aromatic N) is 2. The lowest BCUT2D eigenvalue weighted by atomic mass is 10.0. The SMILES string of the molecule is CC(C)c1ccc(S(=O)(=O)N2CCC(N3CCc4sccc4C3)CC2)cc1. The van der Waals surface area contributed by atoms with Crippen LogP contribution < -0.4 is 0 Å². The van der Waals surface area contributed by atoms with E-state index in [0.29, 0.717) is 29.9 Å². The molecule has 1 saturated heterocycles. The lowest BCUT2D eigenvalue weighted by molar-refractivity contribution is 0.127. The van der Waals surface area contributed by atoms with E-state index in [-0.39, 0.29) is 0 Å². The van der Waals surface area contributed by atoms with Gasteiger partial charge in [0.25, 0.3) is 0 Å². The second-order valence-corrected chi connectivity index (χ2v) is 10.9. The molecule has 0 N–H and O–H groups in total. The Kier molecular flexibility index (Phi) is 5.43. The molecule has 2 aliphatic rings. The Balaban J connectivity index is 1.40. The van der Waals surface area contributed by atoms with Crippen LogP contribution in [0.2, 0.25) is 0 Å². The first-order chi connectivity index (χ1) is 12.9. The Morgan fingerprint density at radius 2 is 1.74 bits per heavy atom. The minimum Gasteiger partial charge on any atom is -0.296 e. The topological polar surface area (TPSA) is 40.6 Å². The summed E-state index contributed by atoms with van der Waals surface area (Å²) in [4.78, 5) is 4.50. The van der Waals surface area contributed by atoms with Crippen LogP contribution in [0.1, 0.15) is 48.6 Å². The molecule has 1 aromatic heterocycles. The minimum atomic E-state index is -3.38. The molecule has 3 heterocycles. The van der Waals surface area contributed by atoms with E-state index in [4.69, 9.17) is 0 Å². The molecule has 0 saturated carbocycles. The maximum Gasteiger partial charge on any atom is 0.243 e. The maximum atomic E-state index is 13.0. The molecule has 2 aliphatic heterocycles. The summed E-state index contributed by atoms with van der Waals surface area (Å²) in [5, 5.41) is 2.19. The van der Waals surface area contributed by atoms with Crippen LogP contribution in [-0.2, 0) is 23.0 Å². The Labute approximate surface area is 166 Å². The third kappa shape index (κ3) is 3.86. The van der Waals surface area contributed by atoms with Gasteiger partial charge in [0, 0.05) is 37.1 Å². The van der Waals surface area contributed by atoms with E-state index in [2.05, 4.69) is 30.2 Å². The molecule has 146 valence electrons. The summed E-state index contributed by atoms with van der Waals surface area (Å²) in [5.41, 5.74) is 2.64. The number of benzene rings is 1. The van der Waals surface area contributed by atoms with Crippen LogP contribution in [0.15, 0.2) is 40.6 Å². The molecule has 2 aromatic rings. The maximum absolute atomic E-state index is 13.0. The summed E-state index contributed by atoms with van der Waals surface area (Å²) >= 11 is 1.86. The zero-order valence-electron chi connectivity index (χ0n) is 16.1. The van der Waals surface area contributed by atoms with Crippen molar-refractivity contribution in [1.29, 1.82) is 0 Å². The normalized spacial score (nSPS) is 20.1. The second kappa shape index (κ2) is 7.66. The van der Waals surface area contributed by atoms with Crippen LogP contribution in [0.5, 0.6) is 0 Å². The summed E-state index contributed by atoms with van der Waals surface area (Å²) in [5.74, 6) is 0.408. The summed E-state index contributed by atoms with van der Waals surface area (Å²) in [6, 6.07) is 10.1.